The van der Waals surface area contributed by atoms with E-state index in [-0.39, 0.29) is 6.79 Å². The van der Waals surface area contributed by atoms with Gasteiger partial charge in [0, 0.05) is 13.2 Å². The van der Waals surface area contributed by atoms with Crippen molar-refractivity contribution in [1.82, 2.24) is 4.57 Å². The molecule has 2 N–H and O–H groups in total. The van der Waals surface area contributed by atoms with Gasteiger partial charge in [-0.3, -0.25) is 0 Å². The molecule has 1 aromatic heterocycles. The molecule has 1 aliphatic carbocycles. The number of hydrogen-bond acceptors (Lipinski definition) is 4. The summed E-state index contributed by atoms with van der Waals surface area (Å²) in [6, 6.07) is 1.59. The molecule has 0 atom stereocenters. The predicted molar refractivity (Wildman–Crippen MR) is 58.8 cm³/mol. The van der Waals surface area contributed by atoms with E-state index in [1.54, 1.807) is 23.9 Å². The van der Waals surface area contributed by atoms with Gasteiger partial charge in [0.1, 0.15) is 5.69 Å². The van der Waals surface area contributed by atoms with Crippen LogP contribution in [0.15, 0.2) is 12.3 Å². The molecule has 5 heteroatoms. The molecule has 1 aromatic rings. The van der Waals surface area contributed by atoms with E-state index in [1.807, 2.05) is 0 Å². The van der Waals surface area contributed by atoms with Gasteiger partial charge in [-0.15, -0.1) is 0 Å². The SMILES string of the molecule is Cn1cc(N)cc1C(=O)OCOCC1CC1. The van der Waals surface area contributed by atoms with E-state index in [0.29, 0.717) is 23.9 Å². The fourth-order valence-electron chi connectivity index (χ4n) is 1.46. The van der Waals surface area contributed by atoms with Crippen molar-refractivity contribution in [3.05, 3.63) is 18.0 Å². The van der Waals surface area contributed by atoms with Gasteiger partial charge < -0.3 is 19.8 Å². The maximum absolute atomic E-state index is 11.6. The minimum Gasteiger partial charge on any atom is -0.434 e. The second-order valence-corrected chi connectivity index (χ2v) is 4.13. The molecule has 0 saturated heterocycles. The van der Waals surface area contributed by atoms with Crippen LogP contribution in [0, 0.1) is 5.92 Å². The average molecular weight is 224 g/mol. The van der Waals surface area contributed by atoms with Crippen LogP contribution >= 0.6 is 0 Å². The van der Waals surface area contributed by atoms with Crippen LogP contribution in [0.2, 0.25) is 0 Å². The lowest BCUT2D eigenvalue weighted by Crippen LogP contribution is -2.12. The standard InChI is InChI=1S/C11H16N2O3/c1-13-5-9(12)4-10(13)11(14)16-7-15-6-8-2-3-8/h4-5,8H,2-3,6-7,12H2,1H3. The number of nitrogen functional groups attached to an aromatic ring is 1. The van der Waals surface area contributed by atoms with Crippen LogP contribution in [0.5, 0.6) is 0 Å². The molecule has 0 radical (unpaired) electrons. The van der Waals surface area contributed by atoms with Gasteiger partial charge >= 0.3 is 5.97 Å². The van der Waals surface area contributed by atoms with Gasteiger partial charge in [-0.05, 0) is 24.8 Å². The van der Waals surface area contributed by atoms with Crippen molar-refractivity contribution in [3.63, 3.8) is 0 Å². The van der Waals surface area contributed by atoms with E-state index in [9.17, 15) is 4.79 Å². The maximum atomic E-state index is 11.6. The number of esters is 1. The topological polar surface area (TPSA) is 66.5 Å². The molecular formula is C11H16N2O3. The molecule has 0 amide bonds. The molecule has 0 aromatic carbocycles. The van der Waals surface area contributed by atoms with Crippen molar-refractivity contribution < 1.29 is 14.3 Å². The fourth-order valence-corrected chi connectivity index (χ4v) is 1.46. The lowest BCUT2D eigenvalue weighted by Gasteiger charge is -2.05. The average Bonchev–Trinajstić information content (AvgIpc) is 2.98. The highest BCUT2D eigenvalue weighted by Crippen LogP contribution is 2.28. The number of rotatable bonds is 5. The van der Waals surface area contributed by atoms with E-state index in [0.717, 1.165) is 0 Å². The number of nitrogens with zero attached hydrogens (tertiary/aromatic N) is 1. The summed E-state index contributed by atoms with van der Waals surface area (Å²) in [5.41, 5.74) is 6.55. The number of carbonyl (C=O) groups is 1. The molecule has 0 bridgehead atoms. The van der Waals surface area contributed by atoms with Crippen LogP contribution in [0.25, 0.3) is 0 Å². The van der Waals surface area contributed by atoms with Crippen molar-refractivity contribution in [2.75, 3.05) is 19.1 Å². The third kappa shape index (κ3) is 2.76. The van der Waals surface area contributed by atoms with Gasteiger partial charge in [0.05, 0.1) is 12.3 Å². The summed E-state index contributed by atoms with van der Waals surface area (Å²) in [7, 11) is 1.75. The normalized spacial score (nSPS) is 15.1. The summed E-state index contributed by atoms with van der Waals surface area (Å²) >= 11 is 0. The summed E-state index contributed by atoms with van der Waals surface area (Å²) in [6.45, 7) is 0.697. The van der Waals surface area contributed by atoms with Crippen molar-refractivity contribution >= 4 is 11.7 Å². The van der Waals surface area contributed by atoms with E-state index >= 15 is 0 Å². The minimum atomic E-state index is -0.407. The van der Waals surface area contributed by atoms with Crippen LogP contribution in [-0.4, -0.2) is 23.9 Å². The van der Waals surface area contributed by atoms with Gasteiger partial charge in [-0.1, -0.05) is 0 Å². The van der Waals surface area contributed by atoms with Gasteiger partial charge in [0.25, 0.3) is 0 Å². The monoisotopic (exact) mass is 224 g/mol. The lowest BCUT2D eigenvalue weighted by molar-refractivity contribution is -0.0350. The maximum Gasteiger partial charge on any atom is 0.357 e. The summed E-state index contributed by atoms with van der Waals surface area (Å²) in [6.07, 6.45) is 4.12. The van der Waals surface area contributed by atoms with Crippen LogP contribution in [0.1, 0.15) is 23.3 Å². The summed E-state index contributed by atoms with van der Waals surface area (Å²) in [5, 5.41) is 0. The number of nitrogens with two attached hydrogens (primary N) is 1. The molecule has 88 valence electrons. The van der Waals surface area contributed by atoms with Crippen molar-refractivity contribution in [2.45, 2.75) is 12.8 Å². The van der Waals surface area contributed by atoms with Crippen LogP contribution in [0.4, 0.5) is 5.69 Å². The number of carbonyl (C=O) groups excluding carboxylic acids is 1. The first-order chi connectivity index (χ1) is 7.66. The highest BCUT2D eigenvalue weighted by Gasteiger charge is 2.21. The third-order valence-corrected chi connectivity index (χ3v) is 2.56. The molecular weight excluding hydrogens is 208 g/mol. The zero-order chi connectivity index (χ0) is 11.5. The highest BCUT2D eigenvalue weighted by molar-refractivity contribution is 5.88. The van der Waals surface area contributed by atoms with Gasteiger partial charge in [-0.2, -0.15) is 0 Å². The Labute approximate surface area is 94.1 Å². The minimum absolute atomic E-state index is 0.0143. The van der Waals surface area contributed by atoms with E-state index in [1.165, 1.54) is 12.8 Å². The molecule has 1 fully saturated rings. The Morgan fingerprint density at radius 1 is 1.62 bits per heavy atom. The second kappa shape index (κ2) is 4.57. The first kappa shape index (κ1) is 11.0. The number of aryl methyl sites for hydroxylation is 1. The zero-order valence-corrected chi connectivity index (χ0v) is 9.31. The molecule has 16 heavy (non-hydrogen) atoms. The van der Waals surface area contributed by atoms with Gasteiger partial charge in [0.15, 0.2) is 6.79 Å². The number of aromatic nitrogens is 1. The van der Waals surface area contributed by atoms with E-state index in [2.05, 4.69) is 0 Å². The van der Waals surface area contributed by atoms with Crippen molar-refractivity contribution in [1.29, 1.82) is 0 Å². The third-order valence-electron chi connectivity index (χ3n) is 2.56. The largest absolute Gasteiger partial charge is 0.434 e. The fraction of sp³-hybridized carbons (Fsp3) is 0.545. The predicted octanol–water partition coefficient (Wildman–Crippen LogP) is 1.15. The Balaban J connectivity index is 1.75. The Morgan fingerprint density at radius 2 is 2.38 bits per heavy atom. The molecule has 1 saturated carbocycles. The smallest absolute Gasteiger partial charge is 0.357 e. The molecule has 2 rings (SSSR count). The highest BCUT2D eigenvalue weighted by atomic mass is 16.7. The van der Waals surface area contributed by atoms with Gasteiger partial charge in [-0.25, -0.2) is 4.79 Å². The Kier molecular flexibility index (Phi) is 3.14. The molecule has 0 unspecified atom stereocenters. The Hall–Kier alpha value is -1.49. The van der Waals surface area contributed by atoms with E-state index in [4.69, 9.17) is 15.2 Å². The van der Waals surface area contributed by atoms with Crippen LogP contribution in [-0.2, 0) is 16.5 Å². The molecule has 0 aliphatic heterocycles. The first-order valence-electron chi connectivity index (χ1n) is 5.33. The van der Waals surface area contributed by atoms with Crippen molar-refractivity contribution in [3.8, 4) is 0 Å². The van der Waals surface area contributed by atoms with Gasteiger partial charge in [0.2, 0.25) is 0 Å². The molecule has 0 spiro atoms. The van der Waals surface area contributed by atoms with E-state index < -0.39 is 5.97 Å². The number of ether oxygens (including phenoxy) is 2. The van der Waals surface area contributed by atoms with Crippen molar-refractivity contribution in [2.24, 2.45) is 13.0 Å². The Bertz CT molecular complexity index is 383. The molecule has 5 nitrogen and oxygen atoms in total. The first-order valence-corrected chi connectivity index (χ1v) is 5.33. The Morgan fingerprint density at radius 3 is 2.94 bits per heavy atom. The summed E-state index contributed by atoms with van der Waals surface area (Å²) in [4.78, 5) is 11.6. The number of anilines is 1. The summed E-state index contributed by atoms with van der Waals surface area (Å²) in [5.74, 6) is 0.263. The zero-order valence-electron chi connectivity index (χ0n) is 9.31. The lowest BCUT2D eigenvalue weighted by atomic mass is 10.4. The summed E-state index contributed by atoms with van der Waals surface area (Å²) < 4.78 is 11.8. The van der Waals surface area contributed by atoms with Crippen LogP contribution in [0.3, 0.4) is 0 Å². The molecule has 1 heterocycles. The molecule has 1 aliphatic rings. The second-order valence-electron chi connectivity index (χ2n) is 4.13. The number of hydrogen-bond donors (Lipinski definition) is 1. The van der Waals surface area contributed by atoms with Crippen LogP contribution < -0.4 is 5.73 Å². The quantitative estimate of drug-likeness (QED) is 0.463.